The highest BCUT2D eigenvalue weighted by Crippen LogP contribution is 2.29. The molecular weight excluding hydrogens is 280 g/mol. The van der Waals surface area contributed by atoms with Gasteiger partial charge in [0.25, 0.3) is 0 Å². The Labute approximate surface area is 111 Å². The first-order valence-corrected chi connectivity index (χ1v) is 6.79. The lowest BCUT2D eigenvalue weighted by Crippen LogP contribution is -2.12. The fourth-order valence-corrected chi connectivity index (χ4v) is 2.46. The summed E-state index contributed by atoms with van der Waals surface area (Å²) in [5.41, 5.74) is 0.878. The summed E-state index contributed by atoms with van der Waals surface area (Å²) in [6.45, 7) is 4.32. The van der Waals surface area contributed by atoms with E-state index in [1.807, 2.05) is 24.3 Å². The first-order valence-electron chi connectivity index (χ1n) is 5.99. The fraction of sp³-hybridized carbons (Fsp3) is 0.500. The van der Waals surface area contributed by atoms with Gasteiger partial charge in [-0.15, -0.1) is 0 Å². The van der Waals surface area contributed by atoms with Gasteiger partial charge in [-0.25, -0.2) is 0 Å². The number of carboxylic acid groups (broad SMARTS) is 1. The van der Waals surface area contributed by atoms with Crippen molar-refractivity contribution in [1.82, 2.24) is 0 Å². The van der Waals surface area contributed by atoms with E-state index >= 15 is 0 Å². The first-order chi connectivity index (χ1) is 8.02. The summed E-state index contributed by atoms with van der Waals surface area (Å²) in [5.74, 6) is -0.506. The lowest BCUT2D eigenvalue weighted by molar-refractivity contribution is -0.139. The lowest BCUT2D eigenvalue weighted by Gasteiger charge is -2.15. The zero-order valence-corrected chi connectivity index (χ0v) is 11.9. The van der Waals surface area contributed by atoms with E-state index in [1.54, 1.807) is 0 Å². The van der Waals surface area contributed by atoms with Crippen LogP contribution in [0.15, 0.2) is 28.7 Å². The third kappa shape index (κ3) is 4.50. The molecule has 0 aliphatic carbocycles. The van der Waals surface area contributed by atoms with Gasteiger partial charge in [-0.2, -0.15) is 0 Å². The van der Waals surface area contributed by atoms with Crippen LogP contribution in [0, 0.1) is 5.92 Å². The van der Waals surface area contributed by atoms with Gasteiger partial charge in [0.2, 0.25) is 0 Å². The summed E-state index contributed by atoms with van der Waals surface area (Å²) in [5, 5.41) is 9.30. The summed E-state index contributed by atoms with van der Waals surface area (Å²) < 4.78 is 0.886. The first kappa shape index (κ1) is 14.2. The molecule has 1 aromatic carbocycles. The molecule has 1 N–H and O–H groups in total. The molecule has 94 valence electrons. The van der Waals surface area contributed by atoms with Crippen LogP contribution in [-0.2, 0) is 4.79 Å². The molecular formula is C14H19BrO2. The van der Waals surface area contributed by atoms with E-state index < -0.39 is 11.9 Å². The molecule has 0 radical (unpaired) electrons. The van der Waals surface area contributed by atoms with E-state index in [0.717, 1.165) is 22.9 Å². The van der Waals surface area contributed by atoms with Crippen molar-refractivity contribution in [2.45, 2.75) is 39.0 Å². The van der Waals surface area contributed by atoms with Gasteiger partial charge >= 0.3 is 5.97 Å². The van der Waals surface area contributed by atoms with Crippen LogP contribution in [0.2, 0.25) is 0 Å². The van der Waals surface area contributed by atoms with Gasteiger partial charge < -0.3 is 5.11 Å². The Morgan fingerprint density at radius 3 is 2.47 bits per heavy atom. The van der Waals surface area contributed by atoms with Crippen molar-refractivity contribution < 1.29 is 9.90 Å². The number of hydrogen-bond donors (Lipinski definition) is 1. The Morgan fingerprint density at radius 1 is 1.29 bits per heavy atom. The maximum absolute atomic E-state index is 11.3. The molecule has 0 aromatic heterocycles. The Balaban J connectivity index is 2.73. The van der Waals surface area contributed by atoms with Crippen molar-refractivity contribution in [3.05, 3.63) is 34.3 Å². The predicted octanol–water partition coefficient (Wildman–Crippen LogP) is 4.44. The second-order valence-corrected chi connectivity index (χ2v) is 5.59. The molecule has 0 aliphatic rings. The second kappa shape index (κ2) is 6.80. The molecule has 0 bridgehead atoms. The summed E-state index contributed by atoms with van der Waals surface area (Å²) in [6.07, 6.45) is 2.74. The molecule has 0 saturated carbocycles. The van der Waals surface area contributed by atoms with E-state index in [2.05, 4.69) is 29.8 Å². The molecule has 1 unspecified atom stereocenters. The summed E-state index contributed by atoms with van der Waals surface area (Å²) in [4.78, 5) is 11.3. The van der Waals surface area contributed by atoms with E-state index in [4.69, 9.17) is 0 Å². The van der Waals surface area contributed by atoms with E-state index in [9.17, 15) is 9.90 Å². The van der Waals surface area contributed by atoms with Crippen LogP contribution < -0.4 is 0 Å². The van der Waals surface area contributed by atoms with Crippen molar-refractivity contribution in [3.8, 4) is 0 Å². The van der Waals surface area contributed by atoms with Crippen molar-refractivity contribution in [1.29, 1.82) is 0 Å². The smallest absolute Gasteiger partial charge is 0.311 e. The number of aliphatic carboxylic acids is 1. The maximum atomic E-state index is 11.3. The molecule has 1 atom stereocenters. The summed E-state index contributed by atoms with van der Waals surface area (Å²) in [7, 11) is 0. The van der Waals surface area contributed by atoms with Crippen molar-refractivity contribution in [2.75, 3.05) is 0 Å². The maximum Gasteiger partial charge on any atom is 0.311 e. The average molecular weight is 299 g/mol. The van der Waals surface area contributed by atoms with Crippen LogP contribution in [0.4, 0.5) is 0 Å². The van der Waals surface area contributed by atoms with Crippen LogP contribution in [-0.4, -0.2) is 11.1 Å². The van der Waals surface area contributed by atoms with Crippen LogP contribution >= 0.6 is 15.9 Å². The highest BCUT2D eigenvalue weighted by molar-refractivity contribution is 9.10. The topological polar surface area (TPSA) is 37.3 Å². The SMILES string of the molecule is CC(C)CCCC(C(=O)O)c1ccccc1Br. The number of hydrogen-bond acceptors (Lipinski definition) is 1. The van der Waals surface area contributed by atoms with E-state index in [1.165, 1.54) is 0 Å². The molecule has 0 amide bonds. The largest absolute Gasteiger partial charge is 0.481 e. The molecule has 0 saturated heterocycles. The van der Waals surface area contributed by atoms with Gasteiger partial charge in [0.1, 0.15) is 0 Å². The minimum Gasteiger partial charge on any atom is -0.481 e. The average Bonchev–Trinajstić information content (AvgIpc) is 2.25. The Bertz CT molecular complexity index is 374. The minimum atomic E-state index is -0.736. The molecule has 0 heterocycles. The molecule has 2 nitrogen and oxygen atoms in total. The molecule has 0 spiro atoms. The number of rotatable bonds is 6. The standard InChI is InChI=1S/C14H19BrO2/c1-10(2)6-5-8-12(14(16)17)11-7-3-4-9-13(11)15/h3-4,7,9-10,12H,5-6,8H2,1-2H3,(H,16,17). The number of carbonyl (C=O) groups is 1. The predicted molar refractivity (Wildman–Crippen MR) is 73.2 cm³/mol. The second-order valence-electron chi connectivity index (χ2n) is 4.74. The van der Waals surface area contributed by atoms with Crippen molar-refractivity contribution in [3.63, 3.8) is 0 Å². The molecule has 3 heteroatoms. The molecule has 17 heavy (non-hydrogen) atoms. The monoisotopic (exact) mass is 298 g/mol. The Morgan fingerprint density at radius 2 is 1.94 bits per heavy atom. The molecule has 0 fully saturated rings. The Kier molecular flexibility index (Phi) is 5.69. The number of benzene rings is 1. The van der Waals surface area contributed by atoms with Gasteiger partial charge in [0, 0.05) is 4.47 Å². The van der Waals surface area contributed by atoms with Gasteiger partial charge in [-0.05, 0) is 24.0 Å². The minimum absolute atomic E-state index is 0.399. The van der Waals surface area contributed by atoms with Crippen LogP contribution in [0.5, 0.6) is 0 Å². The molecule has 1 aromatic rings. The summed E-state index contributed by atoms with van der Waals surface area (Å²) in [6, 6.07) is 7.57. The van der Waals surface area contributed by atoms with E-state index in [0.29, 0.717) is 12.3 Å². The van der Waals surface area contributed by atoms with Gasteiger partial charge in [-0.3, -0.25) is 4.79 Å². The highest BCUT2D eigenvalue weighted by atomic mass is 79.9. The van der Waals surface area contributed by atoms with Crippen molar-refractivity contribution >= 4 is 21.9 Å². The lowest BCUT2D eigenvalue weighted by atomic mass is 9.92. The number of carboxylic acids is 1. The third-order valence-electron chi connectivity index (χ3n) is 2.85. The van der Waals surface area contributed by atoms with Crippen LogP contribution in [0.3, 0.4) is 0 Å². The summed E-state index contributed by atoms with van der Waals surface area (Å²) >= 11 is 3.42. The number of halogens is 1. The van der Waals surface area contributed by atoms with Gasteiger partial charge in [0.05, 0.1) is 5.92 Å². The Hall–Kier alpha value is -0.830. The van der Waals surface area contributed by atoms with Crippen LogP contribution in [0.1, 0.15) is 44.6 Å². The highest BCUT2D eigenvalue weighted by Gasteiger charge is 2.21. The zero-order valence-electron chi connectivity index (χ0n) is 10.3. The normalized spacial score (nSPS) is 12.7. The van der Waals surface area contributed by atoms with Gasteiger partial charge in [0.15, 0.2) is 0 Å². The molecule has 1 rings (SSSR count). The van der Waals surface area contributed by atoms with Crippen molar-refractivity contribution in [2.24, 2.45) is 5.92 Å². The molecule has 0 aliphatic heterocycles. The quantitative estimate of drug-likeness (QED) is 0.843. The third-order valence-corrected chi connectivity index (χ3v) is 3.58. The van der Waals surface area contributed by atoms with E-state index in [-0.39, 0.29) is 0 Å². The zero-order chi connectivity index (χ0) is 12.8. The fourth-order valence-electron chi connectivity index (χ4n) is 1.90. The van der Waals surface area contributed by atoms with Gasteiger partial charge in [-0.1, -0.05) is 60.8 Å². The van der Waals surface area contributed by atoms with Crippen LogP contribution in [0.25, 0.3) is 0 Å².